The molecule has 5 nitrogen and oxygen atoms in total. The van der Waals surface area contributed by atoms with E-state index in [1.165, 1.54) is 23.8 Å². The van der Waals surface area contributed by atoms with Gasteiger partial charge in [-0.3, -0.25) is 4.79 Å². The van der Waals surface area contributed by atoms with Crippen LogP contribution in [0.5, 0.6) is 0 Å². The average Bonchev–Trinajstić information content (AvgIpc) is 3.03. The Kier molecular flexibility index (Phi) is 5.81. The van der Waals surface area contributed by atoms with Gasteiger partial charge in [-0.1, -0.05) is 31.9 Å². The number of amides is 1. The van der Waals surface area contributed by atoms with Gasteiger partial charge in [0.25, 0.3) is 5.91 Å². The van der Waals surface area contributed by atoms with Crippen molar-refractivity contribution < 1.29 is 14.3 Å². The lowest BCUT2D eigenvalue weighted by atomic mass is 9.86. The summed E-state index contributed by atoms with van der Waals surface area (Å²) in [4.78, 5) is 28.1. The topological polar surface area (TPSA) is 68.3 Å². The first-order valence-electron chi connectivity index (χ1n) is 8.61. The molecule has 1 amide bonds. The standard InChI is InChI=1S/C19H22N2O3S/c1-13-6-2-3-7-14(13)20-17(22)12-24-19(23)11-10-18-21-15-8-4-5-9-16(15)25-18/h4-5,8-11,13-14H,2-3,6-7,12H2,1H3,(H,20,22)/b11-10+/t13-,14-/m1/s1. The first-order valence-corrected chi connectivity index (χ1v) is 9.43. The molecule has 1 heterocycles. The van der Waals surface area contributed by atoms with Gasteiger partial charge in [-0.25, -0.2) is 9.78 Å². The molecule has 0 aliphatic heterocycles. The van der Waals surface area contributed by atoms with Crippen molar-refractivity contribution in [3.05, 3.63) is 35.3 Å². The fourth-order valence-electron chi connectivity index (χ4n) is 3.06. The summed E-state index contributed by atoms with van der Waals surface area (Å²) < 4.78 is 6.08. The lowest BCUT2D eigenvalue weighted by molar-refractivity contribution is -0.144. The third-order valence-corrected chi connectivity index (χ3v) is 5.48. The summed E-state index contributed by atoms with van der Waals surface area (Å²) in [5, 5.41) is 3.70. The number of benzene rings is 1. The molecule has 1 aliphatic carbocycles. The van der Waals surface area contributed by atoms with E-state index in [1.807, 2.05) is 24.3 Å². The molecule has 0 saturated heterocycles. The van der Waals surface area contributed by atoms with Crippen LogP contribution in [-0.2, 0) is 14.3 Å². The fraction of sp³-hybridized carbons (Fsp3) is 0.421. The molecule has 6 heteroatoms. The third kappa shape index (κ3) is 4.89. The van der Waals surface area contributed by atoms with Gasteiger partial charge < -0.3 is 10.1 Å². The minimum atomic E-state index is -0.536. The second-order valence-corrected chi connectivity index (χ2v) is 7.46. The van der Waals surface area contributed by atoms with E-state index in [0.29, 0.717) is 5.92 Å². The quantitative estimate of drug-likeness (QED) is 0.656. The van der Waals surface area contributed by atoms with Gasteiger partial charge in [0.05, 0.1) is 10.2 Å². The molecule has 1 N–H and O–H groups in total. The van der Waals surface area contributed by atoms with Crippen molar-refractivity contribution in [2.45, 2.75) is 38.6 Å². The van der Waals surface area contributed by atoms with E-state index in [-0.39, 0.29) is 18.6 Å². The zero-order valence-corrected chi connectivity index (χ0v) is 15.1. The Balaban J connectivity index is 1.46. The molecule has 0 spiro atoms. The van der Waals surface area contributed by atoms with Crippen molar-refractivity contribution in [2.75, 3.05) is 6.61 Å². The summed E-state index contributed by atoms with van der Waals surface area (Å²) in [6, 6.07) is 7.99. The molecule has 2 atom stereocenters. The summed E-state index contributed by atoms with van der Waals surface area (Å²) in [5.74, 6) is -0.293. The van der Waals surface area contributed by atoms with Crippen LogP contribution in [0.25, 0.3) is 16.3 Å². The SMILES string of the molecule is C[C@@H]1CCCC[C@H]1NC(=O)COC(=O)/C=C/c1nc2ccccc2s1. The monoisotopic (exact) mass is 358 g/mol. The molecule has 3 rings (SSSR count). The van der Waals surface area contributed by atoms with Crippen LogP contribution in [0.1, 0.15) is 37.6 Å². The number of para-hydroxylation sites is 1. The molecular weight excluding hydrogens is 336 g/mol. The van der Waals surface area contributed by atoms with Crippen LogP contribution in [0.3, 0.4) is 0 Å². The van der Waals surface area contributed by atoms with Crippen molar-refractivity contribution >= 4 is 39.5 Å². The number of aromatic nitrogens is 1. The third-order valence-electron chi connectivity index (χ3n) is 4.48. The highest BCUT2D eigenvalue weighted by Gasteiger charge is 2.22. The fourth-order valence-corrected chi connectivity index (χ4v) is 3.93. The lowest BCUT2D eigenvalue weighted by Crippen LogP contribution is -2.42. The molecule has 1 aromatic heterocycles. The molecule has 0 bridgehead atoms. The minimum absolute atomic E-state index is 0.193. The van der Waals surface area contributed by atoms with E-state index in [9.17, 15) is 9.59 Å². The van der Waals surface area contributed by atoms with E-state index in [1.54, 1.807) is 6.08 Å². The van der Waals surface area contributed by atoms with Crippen molar-refractivity contribution in [2.24, 2.45) is 5.92 Å². The van der Waals surface area contributed by atoms with Crippen LogP contribution < -0.4 is 5.32 Å². The van der Waals surface area contributed by atoms with E-state index < -0.39 is 5.97 Å². The molecule has 1 saturated carbocycles. The van der Waals surface area contributed by atoms with Gasteiger partial charge in [0.15, 0.2) is 6.61 Å². The van der Waals surface area contributed by atoms with Crippen LogP contribution in [-0.4, -0.2) is 29.5 Å². The molecule has 0 radical (unpaired) electrons. The summed E-state index contributed by atoms with van der Waals surface area (Å²) in [6.45, 7) is 1.91. The number of nitrogens with zero attached hydrogens (tertiary/aromatic N) is 1. The van der Waals surface area contributed by atoms with Gasteiger partial charge in [-0.2, -0.15) is 0 Å². The van der Waals surface area contributed by atoms with Gasteiger partial charge in [0.1, 0.15) is 5.01 Å². The zero-order valence-electron chi connectivity index (χ0n) is 14.2. The number of rotatable bonds is 5. The number of ether oxygens (including phenoxy) is 1. The number of nitrogens with one attached hydrogen (secondary N) is 1. The van der Waals surface area contributed by atoms with Gasteiger partial charge in [0.2, 0.25) is 0 Å². The van der Waals surface area contributed by atoms with E-state index in [0.717, 1.165) is 34.5 Å². The Hall–Kier alpha value is -2.21. The highest BCUT2D eigenvalue weighted by molar-refractivity contribution is 7.19. The molecule has 2 aromatic rings. The van der Waals surface area contributed by atoms with Crippen molar-refractivity contribution in [1.82, 2.24) is 10.3 Å². The van der Waals surface area contributed by atoms with Crippen molar-refractivity contribution in [3.63, 3.8) is 0 Å². The summed E-state index contributed by atoms with van der Waals surface area (Å²) in [6.07, 6.45) is 7.43. The number of thiazole rings is 1. The van der Waals surface area contributed by atoms with E-state index in [2.05, 4.69) is 17.2 Å². The van der Waals surface area contributed by atoms with Gasteiger partial charge in [0, 0.05) is 12.1 Å². The molecule has 25 heavy (non-hydrogen) atoms. The van der Waals surface area contributed by atoms with Crippen LogP contribution in [0.15, 0.2) is 30.3 Å². The maximum atomic E-state index is 11.9. The summed E-state index contributed by atoms with van der Waals surface area (Å²) in [5.41, 5.74) is 0.904. The minimum Gasteiger partial charge on any atom is -0.452 e. The maximum absolute atomic E-state index is 11.9. The number of carbonyl (C=O) groups excluding carboxylic acids is 2. The van der Waals surface area contributed by atoms with Crippen LogP contribution >= 0.6 is 11.3 Å². The smallest absolute Gasteiger partial charge is 0.331 e. The number of hydrogen-bond donors (Lipinski definition) is 1. The number of esters is 1. The predicted octanol–water partition coefficient (Wildman–Crippen LogP) is 3.55. The highest BCUT2D eigenvalue weighted by Crippen LogP contribution is 2.24. The Morgan fingerprint density at radius 2 is 2.12 bits per heavy atom. The van der Waals surface area contributed by atoms with Crippen LogP contribution in [0.2, 0.25) is 0 Å². The second-order valence-electron chi connectivity index (χ2n) is 6.40. The van der Waals surface area contributed by atoms with E-state index in [4.69, 9.17) is 4.74 Å². The Morgan fingerprint density at radius 3 is 2.92 bits per heavy atom. The first kappa shape index (κ1) is 17.6. The van der Waals surface area contributed by atoms with Crippen molar-refractivity contribution in [1.29, 1.82) is 0 Å². The number of fused-ring (bicyclic) bond motifs is 1. The molecule has 132 valence electrons. The normalized spacial score (nSPS) is 20.7. The van der Waals surface area contributed by atoms with E-state index >= 15 is 0 Å². The Morgan fingerprint density at radius 1 is 1.32 bits per heavy atom. The Labute approximate surface area is 151 Å². The molecule has 1 aromatic carbocycles. The average molecular weight is 358 g/mol. The molecule has 1 fully saturated rings. The molecular formula is C19H22N2O3S. The Bertz CT molecular complexity index is 751. The first-order chi connectivity index (χ1) is 12.1. The number of carbonyl (C=O) groups is 2. The van der Waals surface area contributed by atoms with Gasteiger partial charge >= 0.3 is 5.97 Å². The van der Waals surface area contributed by atoms with Gasteiger partial charge in [-0.15, -0.1) is 11.3 Å². The lowest BCUT2D eigenvalue weighted by Gasteiger charge is -2.29. The number of hydrogen-bond acceptors (Lipinski definition) is 5. The van der Waals surface area contributed by atoms with Crippen LogP contribution in [0.4, 0.5) is 0 Å². The van der Waals surface area contributed by atoms with Crippen LogP contribution in [0, 0.1) is 5.92 Å². The second kappa shape index (κ2) is 8.25. The summed E-state index contributed by atoms with van der Waals surface area (Å²) >= 11 is 1.50. The largest absolute Gasteiger partial charge is 0.452 e. The zero-order chi connectivity index (χ0) is 17.6. The van der Waals surface area contributed by atoms with Crippen molar-refractivity contribution in [3.8, 4) is 0 Å². The molecule has 0 unspecified atom stereocenters. The van der Waals surface area contributed by atoms with Gasteiger partial charge in [-0.05, 0) is 37.0 Å². The highest BCUT2D eigenvalue weighted by atomic mass is 32.1. The molecule has 1 aliphatic rings. The maximum Gasteiger partial charge on any atom is 0.331 e. The summed E-state index contributed by atoms with van der Waals surface area (Å²) in [7, 11) is 0. The predicted molar refractivity (Wildman–Crippen MR) is 99.2 cm³/mol.